The van der Waals surface area contributed by atoms with Crippen LogP contribution in [0.25, 0.3) is 22.2 Å². The Morgan fingerprint density at radius 2 is 1.94 bits per heavy atom. The molecule has 8 heteroatoms. The van der Waals surface area contributed by atoms with Crippen molar-refractivity contribution in [2.75, 3.05) is 11.1 Å². The first-order chi connectivity index (χ1) is 16.0. The molecule has 1 amide bonds. The van der Waals surface area contributed by atoms with E-state index in [0.717, 1.165) is 24.0 Å². The predicted molar refractivity (Wildman–Crippen MR) is 130 cm³/mol. The van der Waals surface area contributed by atoms with E-state index in [-0.39, 0.29) is 29.0 Å². The number of aromatic amines is 1. The molecule has 2 N–H and O–H groups in total. The van der Waals surface area contributed by atoms with Gasteiger partial charge in [0, 0.05) is 29.1 Å². The van der Waals surface area contributed by atoms with E-state index in [1.165, 1.54) is 18.7 Å². The molecule has 1 saturated carbocycles. The molecule has 5 rings (SSSR count). The molecule has 2 heterocycles. The van der Waals surface area contributed by atoms with Gasteiger partial charge in [0.2, 0.25) is 5.91 Å². The maximum atomic E-state index is 13.3. The van der Waals surface area contributed by atoms with Crippen LogP contribution in [-0.2, 0) is 4.79 Å². The number of carbonyl (C=O) groups excluding carboxylic acids is 2. The van der Waals surface area contributed by atoms with E-state index in [1.807, 2.05) is 36.5 Å². The van der Waals surface area contributed by atoms with Crippen molar-refractivity contribution in [1.29, 1.82) is 0 Å². The second kappa shape index (κ2) is 8.71. The number of aromatic nitrogens is 3. The summed E-state index contributed by atoms with van der Waals surface area (Å²) in [7, 11) is 0. The molecule has 0 spiro atoms. The van der Waals surface area contributed by atoms with Gasteiger partial charge in [-0.25, -0.2) is 4.98 Å². The van der Waals surface area contributed by atoms with Crippen molar-refractivity contribution in [2.24, 2.45) is 0 Å². The number of fused-ring (bicyclic) bond motifs is 1. The van der Waals surface area contributed by atoms with Gasteiger partial charge in [0.1, 0.15) is 11.0 Å². The zero-order valence-electron chi connectivity index (χ0n) is 18.0. The van der Waals surface area contributed by atoms with Crippen molar-refractivity contribution in [3.63, 3.8) is 0 Å². The molecule has 166 valence electrons. The number of Topliss-reactive ketones (excluding diaryl/α,β-unsaturated/α-hetero) is 1. The van der Waals surface area contributed by atoms with Gasteiger partial charge in [0.05, 0.1) is 5.75 Å². The van der Waals surface area contributed by atoms with E-state index < -0.39 is 0 Å². The molecule has 7 nitrogen and oxygen atoms in total. The standard InChI is InChI=1S/C25H22N4O3S/c1-15(30)17-8-5-9-18(12-17)27-21(31)14-33-25-28-22-20(16-6-3-2-4-7-16)13-26-23(22)24(32)29(25)19-10-11-19/h2-9,12-13,19,26H,10-11,14H2,1H3,(H,27,31). The van der Waals surface area contributed by atoms with Crippen molar-refractivity contribution >= 4 is 40.2 Å². The Balaban J connectivity index is 1.43. The van der Waals surface area contributed by atoms with Crippen LogP contribution in [0.3, 0.4) is 0 Å². The van der Waals surface area contributed by atoms with Crippen LogP contribution in [-0.4, -0.2) is 32.0 Å². The summed E-state index contributed by atoms with van der Waals surface area (Å²) >= 11 is 1.25. The van der Waals surface area contributed by atoms with Crippen molar-refractivity contribution in [3.8, 4) is 11.1 Å². The van der Waals surface area contributed by atoms with Gasteiger partial charge < -0.3 is 10.3 Å². The minimum absolute atomic E-state index is 0.0628. The average molecular weight is 459 g/mol. The average Bonchev–Trinajstić information content (AvgIpc) is 3.56. The number of ketones is 1. The Hall–Kier alpha value is -3.65. The smallest absolute Gasteiger partial charge is 0.278 e. The first kappa shape index (κ1) is 21.2. The van der Waals surface area contributed by atoms with Crippen LogP contribution in [0.2, 0.25) is 0 Å². The van der Waals surface area contributed by atoms with Crippen LogP contribution in [0.1, 0.15) is 36.2 Å². The first-order valence-electron chi connectivity index (χ1n) is 10.7. The second-order valence-electron chi connectivity index (χ2n) is 8.07. The molecular weight excluding hydrogens is 436 g/mol. The summed E-state index contributed by atoms with van der Waals surface area (Å²) in [5.74, 6) is -0.193. The SMILES string of the molecule is CC(=O)c1cccc(NC(=O)CSc2nc3c(-c4ccccc4)c[nH]c3c(=O)n2C2CC2)c1. The monoisotopic (exact) mass is 458 g/mol. The predicted octanol–water partition coefficient (Wildman–Crippen LogP) is 4.66. The molecule has 2 aromatic carbocycles. The van der Waals surface area contributed by atoms with E-state index >= 15 is 0 Å². The number of hydrogen-bond donors (Lipinski definition) is 2. The second-order valence-corrected chi connectivity index (χ2v) is 9.01. The molecular formula is C25H22N4O3S. The number of nitrogens with zero attached hydrogens (tertiary/aromatic N) is 2. The number of carbonyl (C=O) groups is 2. The molecule has 0 aliphatic heterocycles. The summed E-state index contributed by atoms with van der Waals surface area (Å²) in [4.78, 5) is 45.4. The number of hydrogen-bond acceptors (Lipinski definition) is 5. The van der Waals surface area contributed by atoms with Crippen molar-refractivity contribution < 1.29 is 9.59 Å². The Kier molecular flexibility index (Phi) is 5.60. The van der Waals surface area contributed by atoms with Crippen molar-refractivity contribution in [3.05, 3.63) is 76.7 Å². The Morgan fingerprint density at radius 3 is 2.67 bits per heavy atom. The summed E-state index contributed by atoms with van der Waals surface area (Å²) in [6, 6.07) is 16.7. The molecule has 0 atom stereocenters. The number of nitrogens with one attached hydrogen (secondary N) is 2. The molecule has 1 fully saturated rings. The van der Waals surface area contributed by atoms with E-state index in [1.54, 1.807) is 28.8 Å². The topological polar surface area (TPSA) is 96.8 Å². The third kappa shape index (κ3) is 4.34. The minimum atomic E-state index is -0.227. The van der Waals surface area contributed by atoms with Crippen molar-refractivity contribution in [2.45, 2.75) is 31.0 Å². The highest BCUT2D eigenvalue weighted by Crippen LogP contribution is 2.37. The van der Waals surface area contributed by atoms with Gasteiger partial charge in [0.15, 0.2) is 10.9 Å². The van der Waals surface area contributed by atoms with E-state index in [4.69, 9.17) is 4.98 Å². The number of amides is 1. The lowest BCUT2D eigenvalue weighted by Gasteiger charge is -2.12. The van der Waals surface area contributed by atoms with Crippen LogP contribution < -0.4 is 10.9 Å². The van der Waals surface area contributed by atoms with Gasteiger partial charge >= 0.3 is 0 Å². The lowest BCUT2D eigenvalue weighted by molar-refractivity contribution is -0.113. The molecule has 0 saturated heterocycles. The van der Waals surface area contributed by atoms with E-state index in [2.05, 4.69) is 10.3 Å². The van der Waals surface area contributed by atoms with Crippen LogP contribution in [0, 0.1) is 0 Å². The van der Waals surface area contributed by atoms with Crippen LogP contribution in [0.4, 0.5) is 5.69 Å². The lowest BCUT2D eigenvalue weighted by atomic mass is 10.1. The summed E-state index contributed by atoms with van der Waals surface area (Å²) < 4.78 is 1.71. The fourth-order valence-electron chi connectivity index (χ4n) is 3.79. The maximum Gasteiger partial charge on any atom is 0.278 e. The summed E-state index contributed by atoms with van der Waals surface area (Å²) in [5, 5.41) is 3.36. The van der Waals surface area contributed by atoms with Gasteiger partial charge in [-0.2, -0.15) is 0 Å². The number of anilines is 1. The fraction of sp³-hybridized carbons (Fsp3) is 0.200. The molecule has 1 aliphatic carbocycles. The summed E-state index contributed by atoms with van der Waals surface area (Å²) in [6.45, 7) is 1.49. The van der Waals surface area contributed by atoms with Gasteiger partial charge in [-0.15, -0.1) is 0 Å². The first-order valence-corrected chi connectivity index (χ1v) is 11.7. The number of rotatable bonds is 7. The summed E-state index contributed by atoms with van der Waals surface area (Å²) in [6.07, 6.45) is 3.67. The quantitative estimate of drug-likeness (QED) is 0.239. The third-order valence-corrected chi connectivity index (χ3v) is 6.53. The number of thioether (sulfide) groups is 1. The molecule has 1 aliphatic rings. The lowest BCUT2D eigenvalue weighted by Crippen LogP contribution is -2.23. The van der Waals surface area contributed by atoms with Crippen LogP contribution in [0.5, 0.6) is 0 Å². The van der Waals surface area contributed by atoms with E-state index in [0.29, 0.717) is 27.4 Å². The Morgan fingerprint density at radius 1 is 1.15 bits per heavy atom. The molecule has 4 aromatic rings. The molecule has 0 bridgehead atoms. The number of benzene rings is 2. The summed E-state index contributed by atoms with van der Waals surface area (Å²) in [5.41, 5.74) is 3.92. The zero-order chi connectivity index (χ0) is 22.9. The molecule has 0 unspecified atom stereocenters. The van der Waals surface area contributed by atoms with Gasteiger partial charge in [-0.1, -0.05) is 54.2 Å². The Labute approximate surface area is 194 Å². The zero-order valence-corrected chi connectivity index (χ0v) is 18.8. The Bertz CT molecular complexity index is 1420. The van der Waals surface area contributed by atoms with Gasteiger partial charge in [-0.05, 0) is 37.5 Å². The van der Waals surface area contributed by atoms with Crippen LogP contribution in [0.15, 0.2) is 70.7 Å². The highest BCUT2D eigenvalue weighted by molar-refractivity contribution is 7.99. The normalized spacial score (nSPS) is 13.2. The van der Waals surface area contributed by atoms with Crippen LogP contribution >= 0.6 is 11.8 Å². The van der Waals surface area contributed by atoms with Gasteiger partial charge in [-0.3, -0.25) is 19.0 Å². The highest BCUT2D eigenvalue weighted by atomic mass is 32.2. The molecule has 33 heavy (non-hydrogen) atoms. The minimum Gasteiger partial charge on any atom is -0.355 e. The number of H-pyrrole nitrogens is 1. The van der Waals surface area contributed by atoms with Crippen molar-refractivity contribution in [1.82, 2.24) is 14.5 Å². The maximum absolute atomic E-state index is 13.3. The van der Waals surface area contributed by atoms with Gasteiger partial charge in [0.25, 0.3) is 5.56 Å². The molecule has 2 aromatic heterocycles. The fourth-order valence-corrected chi connectivity index (χ4v) is 4.65. The third-order valence-electron chi connectivity index (χ3n) is 5.58. The largest absolute Gasteiger partial charge is 0.355 e. The highest BCUT2D eigenvalue weighted by Gasteiger charge is 2.29. The van der Waals surface area contributed by atoms with E-state index in [9.17, 15) is 14.4 Å². The molecule has 0 radical (unpaired) electrons.